The predicted molar refractivity (Wildman–Crippen MR) is 95.5 cm³/mol. The Morgan fingerprint density at radius 3 is 2.38 bits per heavy atom. The predicted octanol–water partition coefficient (Wildman–Crippen LogP) is 3.74. The molecule has 0 aliphatic carbocycles. The second-order valence-corrected chi connectivity index (χ2v) is 6.07. The second kappa shape index (κ2) is 7.86. The molecule has 1 amide bonds. The van der Waals surface area contributed by atoms with E-state index in [0.717, 1.165) is 22.6 Å². The summed E-state index contributed by atoms with van der Waals surface area (Å²) in [5, 5.41) is 0. The fourth-order valence-electron chi connectivity index (χ4n) is 2.57. The highest BCUT2D eigenvalue weighted by Gasteiger charge is 2.20. The molecule has 0 bridgehead atoms. The van der Waals surface area contributed by atoms with E-state index in [1.807, 2.05) is 56.3 Å². The number of carbonyl (C=O) groups excluding carboxylic acids is 1. The van der Waals surface area contributed by atoms with Crippen LogP contribution in [0.5, 0.6) is 11.5 Å². The number of likely N-dealkylation sites (N-methyl/N-ethyl adjacent to an activating group) is 1. The van der Waals surface area contributed by atoms with Gasteiger partial charge in [-0.05, 0) is 50.1 Å². The van der Waals surface area contributed by atoms with E-state index < -0.39 is 6.10 Å². The molecule has 1 atom stereocenters. The zero-order chi connectivity index (χ0) is 17.7. The Morgan fingerprint density at radius 2 is 1.79 bits per heavy atom. The molecule has 0 fully saturated rings. The largest absolute Gasteiger partial charge is 0.497 e. The Kier molecular flexibility index (Phi) is 5.85. The molecule has 0 aromatic heterocycles. The van der Waals surface area contributed by atoms with Crippen LogP contribution in [-0.4, -0.2) is 31.1 Å². The first-order chi connectivity index (χ1) is 11.4. The van der Waals surface area contributed by atoms with Crippen LogP contribution < -0.4 is 9.47 Å². The number of hydrogen-bond donors (Lipinski definition) is 0. The van der Waals surface area contributed by atoms with Gasteiger partial charge in [0.05, 0.1) is 7.11 Å². The molecule has 0 heterocycles. The number of nitrogens with zero attached hydrogens (tertiary/aromatic N) is 1. The van der Waals surface area contributed by atoms with Crippen LogP contribution in [0.25, 0.3) is 0 Å². The van der Waals surface area contributed by atoms with Crippen LogP contribution in [0, 0.1) is 13.8 Å². The van der Waals surface area contributed by atoms with Crippen molar-refractivity contribution >= 4 is 5.91 Å². The van der Waals surface area contributed by atoms with Crippen molar-refractivity contribution in [2.75, 3.05) is 14.2 Å². The van der Waals surface area contributed by atoms with Crippen LogP contribution in [0.3, 0.4) is 0 Å². The quantitative estimate of drug-likeness (QED) is 0.811. The highest BCUT2D eigenvalue weighted by atomic mass is 16.5. The lowest BCUT2D eigenvalue weighted by atomic mass is 10.1. The van der Waals surface area contributed by atoms with Gasteiger partial charge in [0.1, 0.15) is 11.5 Å². The fraction of sp³-hybridized carbons (Fsp3) is 0.350. The van der Waals surface area contributed by atoms with Crippen molar-refractivity contribution in [3.05, 3.63) is 59.2 Å². The van der Waals surface area contributed by atoms with E-state index in [9.17, 15) is 4.79 Å². The molecule has 0 saturated heterocycles. The molecule has 0 N–H and O–H groups in total. The number of ether oxygens (including phenoxy) is 2. The number of carbonyl (C=O) groups is 1. The summed E-state index contributed by atoms with van der Waals surface area (Å²) in [5.74, 6) is 1.50. The third kappa shape index (κ3) is 4.51. The minimum atomic E-state index is -0.533. The molecule has 0 aliphatic rings. The van der Waals surface area contributed by atoms with Gasteiger partial charge >= 0.3 is 0 Å². The maximum atomic E-state index is 12.5. The highest BCUT2D eigenvalue weighted by Crippen LogP contribution is 2.21. The molecule has 128 valence electrons. The third-order valence-electron chi connectivity index (χ3n) is 3.94. The van der Waals surface area contributed by atoms with Crippen molar-refractivity contribution in [3.63, 3.8) is 0 Å². The molecule has 2 rings (SSSR count). The minimum absolute atomic E-state index is 0.0502. The van der Waals surface area contributed by atoms with Crippen molar-refractivity contribution in [2.45, 2.75) is 33.4 Å². The summed E-state index contributed by atoms with van der Waals surface area (Å²) in [6, 6.07) is 13.6. The first-order valence-corrected chi connectivity index (χ1v) is 8.02. The Labute approximate surface area is 144 Å². The lowest BCUT2D eigenvalue weighted by Gasteiger charge is -2.23. The maximum Gasteiger partial charge on any atom is 0.263 e. The number of amides is 1. The normalized spacial score (nSPS) is 11.7. The van der Waals surface area contributed by atoms with Gasteiger partial charge in [-0.2, -0.15) is 0 Å². The number of benzene rings is 2. The summed E-state index contributed by atoms with van der Waals surface area (Å²) in [6.07, 6.45) is -0.533. The first-order valence-electron chi connectivity index (χ1n) is 8.02. The summed E-state index contributed by atoms with van der Waals surface area (Å²) in [7, 11) is 3.42. The summed E-state index contributed by atoms with van der Waals surface area (Å²) in [6.45, 7) is 6.34. The molecule has 0 radical (unpaired) electrons. The van der Waals surface area contributed by atoms with Crippen molar-refractivity contribution < 1.29 is 14.3 Å². The molecule has 4 heteroatoms. The Hall–Kier alpha value is -2.49. The summed E-state index contributed by atoms with van der Waals surface area (Å²) >= 11 is 0. The monoisotopic (exact) mass is 327 g/mol. The molecule has 0 spiro atoms. The molecule has 2 aromatic carbocycles. The van der Waals surface area contributed by atoms with E-state index >= 15 is 0 Å². The van der Waals surface area contributed by atoms with Gasteiger partial charge in [0.25, 0.3) is 5.91 Å². The molecule has 0 aliphatic heterocycles. The Bertz CT molecular complexity index is 695. The van der Waals surface area contributed by atoms with Gasteiger partial charge in [0, 0.05) is 13.6 Å². The standard InChI is InChI=1S/C20H25NO3/c1-14-6-11-19(15(2)12-14)24-16(3)20(22)21(4)13-17-7-9-18(23-5)10-8-17/h6-12,16H,13H2,1-5H3. The molecule has 2 aromatic rings. The maximum absolute atomic E-state index is 12.5. The second-order valence-electron chi connectivity index (χ2n) is 6.07. The van der Waals surface area contributed by atoms with E-state index in [1.54, 1.807) is 26.0 Å². The summed E-state index contributed by atoms with van der Waals surface area (Å²) in [4.78, 5) is 14.2. The van der Waals surface area contributed by atoms with Gasteiger partial charge in [-0.1, -0.05) is 29.8 Å². The topological polar surface area (TPSA) is 38.8 Å². The van der Waals surface area contributed by atoms with Crippen molar-refractivity contribution in [1.29, 1.82) is 0 Å². The van der Waals surface area contributed by atoms with E-state index in [1.165, 1.54) is 5.56 Å². The van der Waals surface area contributed by atoms with Gasteiger partial charge in [0.15, 0.2) is 6.10 Å². The molecular weight excluding hydrogens is 302 g/mol. The number of aryl methyl sites for hydroxylation is 2. The summed E-state index contributed by atoms with van der Waals surface area (Å²) < 4.78 is 11.0. The van der Waals surface area contributed by atoms with E-state index in [2.05, 4.69) is 0 Å². The van der Waals surface area contributed by atoms with E-state index in [-0.39, 0.29) is 5.91 Å². The molecule has 0 saturated carbocycles. The molecule has 24 heavy (non-hydrogen) atoms. The van der Waals surface area contributed by atoms with Gasteiger partial charge in [-0.3, -0.25) is 4.79 Å². The average molecular weight is 327 g/mol. The Morgan fingerprint density at radius 1 is 1.12 bits per heavy atom. The molecular formula is C20H25NO3. The van der Waals surface area contributed by atoms with Crippen LogP contribution >= 0.6 is 0 Å². The first kappa shape index (κ1) is 17.9. The van der Waals surface area contributed by atoms with Crippen LogP contribution in [0.1, 0.15) is 23.6 Å². The summed E-state index contributed by atoms with van der Waals surface area (Å²) in [5.41, 5.74) is 3.26. The lowest BCUT2D eigenvalue weighted by Crippen LogP contribution is -2.37. The van der Waals surface area contributed by atoms with Gasteiger partial charge in [-0.25, -0.2) is 0 Å². The van der Waals surface area contributed by atoms with Crippen LogP contribution in [0.4, 0.5) is 0 Å². The highest BCUT2D eigenvalue weighted by molar-refractivity contribution is 5.80. The van der Waals surface area contributed by atoms with Crippen molar-refractivity contribution in [2.24, 2.45) is 0 Å². The van der Waals surface area contributed by atoms with Crippen LogP contribution in [-0.2, 0) is 11.3 Å². The lowest BCUT2D eigenvalue weighted by molar-refractivity contribution is -0.137. The van der Waals surface area contributed by atoms with Crippen molar-refractivity contribution in [3.8, 4) is 11.5 Å². The van der Waals surface area contributed by atoms with Gasteiger partial charge < -0.3 is 14.4 Å². The Balaban J connectivity index is 1.98. The molecule has 1 unspecified atom stereocenters. The zero-order valence-electron chi connectivity index (χ0n) is 15.0. The number of hydrogen-bond acceptors (Lipinski definition) is 3. The number of methoxy groups -OCH3 is 1. The van der Waals surface area contributed by atoms with Gasteiger partial charge in [0.2, 0.25) is 0 Å². The third-order valence-corrected chi connectivity index (χ3v) is 3.94. The number of rotatable bonds is 6. The van der Waals surface area contributed by atoms with Crippen LogP contribution in [0.2, 0.25) is 0 Å². The molecule has 4 nitrogen and oxygen atoms in total. The van der Waals surface area contributed by atoms with Crippen LogP contribution in [0.15, 0.2) is 42.5 Å². The fourth-order valence-corrected chi connectivity index (χ4v) is 2.57. The minimum Gasteiger partial charge on any atom is -0.497 e. The van der Waals surface area contributed by atoms with E-state index in [4.69, 9.17) is 9.47 Å². The zero-order valence-corrected chi connectivity index (χ0v) is 15.0. The SMILES string of the molecule is COc1ccc(CN(C)C(=O)C(C)Oc2ccc(C)cc2C)cc1. The average Bonchev–Trinajstić information content (AvgIpc) is 2.57. The smallest absolute Gasteiger partial charge is 0.263 e. The van der Waals surface area contributed by atoms with Crippen molar-refractivity contribution in [1.82, 2.24) is 4.90 Å². The van der Waals surface area contributed by atoms with Gasteiger partial charge in [-0.15, -0.1) is 0 Å². The van der Waals surface area contributed by atoms with E-state index in [0.29, 0.717) is 6.54 Å².